The fourth-order valence-electron chi connectivity index (χ4n) is 5.56. The minimum atomic E-state index is -4.20. The number of hydrogen-bond donors (Lipinski definition) is 1. The largest absolute Gasteiger partial charge is 0.352 e. The molecule has 1 aliphatic rings. The van der Waals surface area contributed by atoms with Crippen molar-refractivity contribution in [3.63, 3.8) is 0 Å². The number of benzene rings is 4. The molecule has 234 valence electrons. The minimum Gasteiger partial charge on any atom is -0.352 e. The number of hydrogen-bond acceptors (Lipinski definition) is 4. The zero-order chi connectivity index (χ0) is 31.8. The zero-order valence-electron chi connectivity index (χ0n) is 24.7. The van der Waals surface area contributed by atoms with Gasteiger partial charge in [-0.25, -0.2) is 12.8 Å². The maximum atomic E-state index is 14.5. The lowest BCUT2D eigenvalue weighted by molar-refractivity contribution is -0.140. The molecule has 0 aliphatic heterocycles. The van der Waals surface area contributed by atoms with Crippen LogP contribution < -0.4 is 9.62 Å². The molecular formula is C35H35ClFN3O4S. The number of sulfonamides is 1. The van der Waals surface area contributed by atoms with Gasteiger partial charge in [0.1, 0.15) is 18.4 Å². The molecule has 0 aromatic heterocycles. The maximum absolute atomic E-state index is 14.5. The van der Waals surface area contributed by atoms with Gasteiger partial charge >= 0.3 is 0 Å². The Labute approximate surface area is 268 Å². The van der Waals surface area contributed by atoms with Gasteiger partial charge in [0.15, 0.2) is 0 Å². The molecule has 0 bridgehead atoms. The van der Waals surface area contributed by atoms with Gasteiger partial charge in [-0.05, 0) is 72.5 Å². The second-order valence-corrected chi connectivity index (χ2v) is 13.4. The number of nitrogens with one attached hydrogen (secondary N) is 1. The summed E-state index contributed by atoms with van der Waals surface area (Å²) in [6.07, 6.45) is 3.95. The van der Waals surface area contributed by atoms with E-state index in [1.165, 1.54) is 41.3 Å². The molecule has 1 unspecified atom stereocenters. The Morgan fingerprint density at radius 2 is 1.42 bits per heavy atom. The summed E-state index contributed by atoms with van der Waals surface area (Å²) in [4.78, 5) is 29.9. The number of anilines is 1. The number of nitrogens with zero attached hydrogens (tertiary/aromatic N) is 2. The van der Waals surface area contributed by atoms with Crippen LogP contribution in [0.3, 0.4) is 0 Å². The van der Waals surface area contributed by atoms with Crippen molar-refractivity contribution in [3.8, 4) is 0 Å². The standard InChI is InChI=1S/C35H35ClFN3O4S/c36-28-17-21-31(22-18-28)40(45(43,44)32-13-5-2-6-14-32)25-34(41)39(24-27-15-19-29(37)20-16-27)33(23-26-9-3-1-4-10-26)35(42)38-30-11-7-8-12-30/h1-6,9-10,13-22,30,33H,7-8,11-12,23-25H2,(H,38,42). The highest BCUT2D eigenvalue weighted by atomic mass is 35.5. The van der Waals surface area contributed by atoms with Crippen molar-refractivity contribution in [3.05, 3.63) is 131 Å². The quantitative estimate of drug-likeness (QED) is 0.194. The number of amides is 2. The van der Waals surface area contributed by atoms with E-state index in [0.717, 1.165) is 35.6 Å². The summed E-state index contributed by atoms with van der Waals surface area (Å²) in [5, 5.41) is 3.55. The number of rotatable bonds is 12. The first-order chi connectivity index (χ1) is 21.7. The van der Waals surface area contributed by atoms with E-state index in [4.69, 9.17) is 11.6 Å². The van der Waals surface area contributed by atoms with Gasteiger partial charge < -0.3 is 10.2 Å². The Kier molecular flexibility index (Phi) is 10.5. The van der Waals surface area contributed by atoms with Gasteiger partial charge in [0.2, 0.25) is 11.8 Å². The topological polar surface area (TPSA) is 86.8 Å². The van der Waals surface area contributed by atoms with Crippen molar-refractivity contribution < 1.29 is 22.4 Å². The molecule has 0 radical (unpaired) electrons. The van der Waals surface area contributed by atoms with Crippen LogP contribution >= 0.6 is 11.6 Å². The molecule has 2 amide bonds. The van der Waals surface area contributed by atoms with Crippen molar-refractivity contribution >= 4 is 39.1 Å². The number of halogens is 2. The second-order valence-electron chi connectivity index (χ2n) is 11.1. The molecule has 45 heavy (non-hydrogen) atoms. The molecule has 0 saturated heterocycles. The molecule has 1 saturated carbocycles. The molecule has 4 aromatic rings. The van der Waals surface area contributed by atoms with Crippen LogP contribution in [0.2, 0.25) is 5.02 Å². The Balaban J connectivity index is 1.55. The fourth-order valence-corrected chi connectivity index (χ4v) is 7.12. The summed E-state index contributed by atoms with van der Waals surface area (Å²) >= 11 is 6.11. The summed E-state index contributed by atoms with van der Waals surface area (Å²) < 4.78 is 42.9. The normalized spacial score (nSPS) is 14.1. The van der Waals surface area contributed by atoms with Crippen LogP contribution in [0, 0.1) is 5.82 Å². The van der Waals surface area contributed by atoms with Crippen molar-refractivity contribution in [1.82, 2.24) is 10.2 Å². The molecule has 5 rings (SSSR count). The van der Waals surface area contributed by atoms with E-state index in [-0.39, 0.29) is 35.5 Å². The lowest BCUT2D eigenvalue weighted by atomic mass is 10.0. The van der Waals surface area contributed by atoms with E-state index in [9.17, 15) is 22.4 Å². The smallest absolute Gasteiger partial charge is 0.264 e. The predicted octanol–water partition coefficient (Wildman–Crippen LogP) is 6.37. The fraction of sp³-hybridized carbons (Fsp3) is 0.257. The molecule has 4 aromatic carbocycles. The van der Waals surface area contributed by atoms with E-state index in [1.54, 1.807) is 42.5 Å². The molecule has 10 heteroatoms. The van der Waals surface area contributed by atoms with E-state index < -0.39 is 34.3 Å². The average molecular weight is 648 g/mol. The first-order valence-electron chi connectivity index (χ1n) is 14.9. The van der Waals surface area contributed by atoms with E-state index in [1.807, 2.05) is 30.3 Å². The Morgan fingerprint density at radius 3 is 2.04 bits per heavy atom. The van der Waals surface area contributed by atoms with E-state index in [2.05, 4.69) is 5.32 Å². The summed E-state index contributed by atoms with van der Waals surface area (Å²) in [5.74, 6) is -1.33. The van der Waals surface area contributed by atoms with Crippen LogP contribution in [0.5, 0.6) is 0 Å². The van der Waals surface area contributed by atoms with E-state index >= 15 is 0 Å². The molecule has 1 fully saturated rings. The van der Waals surface area contributed by atoms with Crippen LogP contribution in [-0.2, 0) is 32.6 Å². The van der Waals surface area contributed by atoms with Crippen LogP contribution in [-0.4, -0.2) is 43.8 Å². The minimum absolute atomic E-state index is 0.00238. The molecule has 0 spiro atoms. The maximum Gasteiger partial charge on any atom is 0.264 e. The summed E-state index contributed by atoms with van der Waals surface area (Å²) in [7, 11) is -4.20. The van der Waals surface area contributed by atoms with Gasteiger partial charge in [-0.1, -0.05) is 85.1 Å². The van der Waals surface area contributed by atoms with Crippen molar-refractivity contribution in [2.45, 2.75) is 55.6 Å². The highest BCUT2D eigenvalue weighted by molar-refractivity contribution is 7.92. The van der Waals surface area contributed by atoms with Crippen molar-refractivity contribution in [2.75, 3.05) is 10.8 Å². The third kappa shape index (κ3) is 8.29. The Morgan fingerprint density at radius 1 is 0.822 bits per heavy atom. The van der Waals surface area contributed by atoms with Gasteiger partial charge in [0.05, 0.1) is 10.6 Å². The van der Waals surface area contributed by atoms with Gasteiger partial charge in [-0.2, -0.15) is 0 Å². The summed E-state index contributed by atoms with van der Waals surface area (Å²) in [6.45, 7) is -0.614. The third-order valence-electron chi connectivity index (χ3n) is 7.96. The lowest BCUT2D eigenvalue weighted by Crippen LogP contribution is -2.54. The molecule has 7 nitrogen and oxygen atoms in total. The third-order valence-corrected chi connectivity index (χ3v) is 10.0. The van der Waals surface area contributed by atoms with E-state index in [0.29, 0.717) is 10.6 Å². The van der Waals surface area contributed by atoms with Crippen molar-refractivity contribution in [2.24, 2.45) is 0 Å². The Bertz CT molecular complexity index is 1680. The number of carbonyl (C=O) groups excluding carboxylic acids is 2. The summed E-state index contributed by atoms with van der Waals surface area (Å²) in [6, 6.07) is 28.1. The SMILES string of the molecule is O=C(NC1CCCC1)C(Cc1ccccc1)N(Cc1ccc(F)cc1)C(=O)CN(c1ccc(Cl)cc1)S(=O)(=O)c1ccccc1. The summed E-state index contributed by atoms with van der Waals surface area (Å²) in [5.41, 5.74) is 1.68. The predicted molar refractivity (Wildman–Crippen MR) is 174 cm³/mol. The van der Waals surface area contributed by atoms with Gasteiger partial charge in [0.25, 0.3) is 10.0 Å². The first kappa shape index (κ1) is 32.2. The van der Waals surface area contributed by atoms with Gasteiger partial charge in [-0.3, -0.25) is 13.9 Å². The molecule has 0 heterocycles. The molecule has 1 aliphatic carbocycles. The van der Waals surface area contributed by atoms with Crippen molar-refractivity contribution in [1.29, 1.82) is 0 Å². The molecular weight excluding hydrogens is 613 g/mol. The Hall–Kier alpha value is -4.21. The first-order valence-corrected chi connectivity index (χ1v) is 16.7. The monoisotopic (exact) mass is 647 g/mol. The van der Waals surface area contributed by atoms with Crippen LogP contribution in [0.4, 0.5) is 10.1 Å². The highest BCUT2D eigenvalue weighted by Gasteiger charge is 2.35. The zero-order valence-corrected chi connectivity index (χ0v) is 26.3. The van der Waals surface area contributed by atoms with Gasteiger partial charge in [0, 0.05) is 24.0 Å². The average Bonchev–Trinajstić information content (AvgIpc) is 3.57. The molecule has 1 atom stereocenters. The second kappa shape index (κ2) is 14.7. The lowest BCUT2D eigenvalue weighted by Gasteiger charge is -2.34. The van der Waals surface area contributed by atoms with Crippen LogP contribution in [0.25, 0.3) is 0 Å². The van der Waals surface area contributed by atoms with Crippen LogP contribution in [0.1, 0.15) is 36.8 Å². The number of carbonyl (C=O) groups is 2. The van der Waals surface area contributed by atoms with Crippen LogP contribution in [0.15, 0.2) is 114 Å². The van der Waals surface area contributed by atoms with Gasteiger partial charge in [-0.15, -0.1) is 0 Å². The highest BCUT2D eigenvalue weighted by Crippen LogP contribution is 2.27. The molecule has 1 N–H and O–H groups in total.